The van der Waals surface area contributed by atoms with Crippen LogP contribution in [0.4, 0.5) is 0 Å². The first-order valence-electron chi connectivity index (χ1n) is 6.67. The fraction of sp³-hybridized carbons (Fsp3) is 0.600. The summed E-state index contributed by atoms with van der Waals surface area (Å²) >= 11 is 0. The quantitative estimate of drug-likeness (QED) is 0.777. The summed E-state index contributed by atoms with van der Waals surface area (Å²) in [4.78, 5) is 0. The minimum absolute atomic E-state index is 0.191. The second-order valence-electron chi connectivity index (χ2n) is 5.73. The summed E-state index contributed by atoms with van der Waals surface area (Å²) in [7, 11) is -0.999. The largest absolute Gasteiger partial charge is 0.259 e. The van der Waals surface area contributed by atoms with Crippen molar-refractivity contribution in [2.75, 3.05) is 5.75 Å². The lowest BCUT2D eigenvalue weighted by molar-refractivity contribution is -0.241. The Labute approximate surface area is 119 Å². The Balaban J connectivity index is 3.15. The van der Waals surface area contributed by atoms with E-state index in [2.05, 4.69) is 0 Å². The van der Waals surface area contributed by atoms with Crippen LogP contribution in [0.5, 0.6) is 0 Å². The molecule has 1 radical (unpaired) electrons. The van der Waals surface area contributed by atoms with E-state index in [0.717, 1.165) is 10.6 Å². The predicted octanol–water partition coefficient (Wildman–Crippen LogP) is 3.33. The van der Waals surface area contributed by atoms with Crippen LogP contribution >= 0.6 is 0 Å². The predicted molar refractivity (Wildman–Crippen MR) is 79.6 cm³/mol. The van der Waals surface area contributed by atoms with E-state index in [1.165, 1.54) is 0 Å². The first-order valence-corrected chi connectivity index (χ1v) is 8.05. The molecule has 1 rings (SSSR count). The van der Waals surface area contributed by atoms with Gasteiger partial charge < -0.3 is 0 Å². The molecule has 0 aliphatic rings. The molecule has 0 aromatic heterocycles. The number of hydrogen-bond donors (Lipinski definition) is 0. The molecule has 4 heteroatoms. The normalized spacial score (nSPS) is 17.2. The van der Waals surface area contributed by atoms with Gasteiger partial charge in [-0.05, 0) is 33.3 Å². The van der Waals surface area contributed by atoms with Gasteiger partial charge in [-0.1, -0.05) is 37.3 Å². The van der Waals surface area contributed by atoms with E-state index in [1.807, 2.05) is 65.0 Å². The van der Waals surface area contributed by atoms with E-state index in [-0.39, 0.29) is 11.3 Å². The summed E-state index contributed by atoms with van der Waals surface area (Å²) in [6, 6.07) is 9.26. The van der Waals surface area contributed by atoms with Crippen LogP contribution in [-0.4, -0.2) is 25.8 Å². The zero-order valence-electron chi connectivity index (χ0n) is 12.4. The summed E-state index contributed by atoms with van der Waals surface area (Å²) in [5.41, 5.74) is 0.425. The van der Waals surface area contributed by atoms with Crippen molar-refractivity contribution in [3.8, 4) is 0 Å². The van der Waals surface area contributed by atoms with Crippen LogP contribution < -0.4 is 0 Å². The van der Waals surface area contributed by atoms with Crippen LogP contribution in [0.1, 0.15) is 46.2 Å². The fourth-order valence-corrected chi connectivity index (χ4v) is 3.15. The third kappa shape index (κ3) is 4.13. The Morgan fingerprint density at radius 1 is 1.21 bits per heavy atom. The van der Waals surface area contributed by atoms with Gasteiger partial charge in [-0.15, -0.1) is 10.3 Å². The van der Waals surface area contributed by atoms with Crippen LogP contribution in [0.2, 0.25) is 0 Å². The second-order valence-corrected chi connectivity index (χ2v) is 7.81. The van der Waals surface area contributed by atoms with Crippen LogP contribution in [0.15, 0.2) is 30.3 Å². The molecule has 0 aliphatic carbocycles. The third-order valence-electron chi connectivity index (χ3n) is 3.20. The third-order valence-corrected chi connectivity index (χ3v) is 4.85. The SMILES string of the molecule is CCS(=O)C(C)C(c1ccccc1)N([O])C(C)(C)C. The highest BCUT2D eigenvalue weighted by molar-refractivity contribution is 7.85. The first-order chi connectivity index (χ1) is 8.79. The molecule has 0 bridgehead atoms. The maximum atomic E-state index is 12.6. The minimum Gasteiger partial charge on any atom is -0.259 e. The molecule has 0 saturated heterocycles. The number of rotatable bonds is 5. The van der Waals surface area contributed by atoms with Crippen molar-refractivity contribution in [2.24, 2.45) is 0 Å². The molecule has 19 heavy (non-hydrogen) atoms. The number of nitrogens with zero attached hydrogens (tertiary/aromatic N) is 1. The lowest BCUT2D eigenvalue weighted by atomic mass is 9.99. The highest BCUT2D eigenvalue weighted by atomic mass is 32.2. The van der Waals surface area contributed by atoms with Crippen molar-refractivity contribution < 1.29 is 9.42 Å². The van der Waals surface area contributed by atoms with Gasteiger partial charge in [-0.2, -0.15) is 0 Å². The van der Waals surface area contributed by atoms with Crippen LogP contribution in [0.3, 0.4) is 0 Å². The minimum atomic E-state index is -0.999. The summed E-state index contributed by atoms with van der Waals surface area (Å²) in [6.45, 7) is 9.45. The second kappa shape index (κ2) is 6.64. The Bertz CT molecular complexity index is 414. The van der Waals surface area contributed by atoms with E-state index in [1.54, 1.807) is 0 Å². The Hall–Kier alpha value is -0.710. The van der Waals surface area contributed by atoms with E-state index in [4.69, 9.17) is 0 Å². The molecular formula is C15H24NO2S. The maximum absolute atomic E-state index is 12.6. The summed E-state index contributed by atoms with van der Waals surface area (Å²) in [6.07, 6.45) is 0. The van der Waals surface area contributed by atoms with Gasteiger partial charge in [0.15, 0.2) is 0 Å². The molecule has 0 fully saturated rings. The molecule has 1 aromatic carbocycles. The van der Waals surface area contributed by atoms with Crippen molar-refractivity contribution in [1.82, 2.24) is 5.06 Å². The van der Waals surface area contributed by atoms with Gasteiger partial charge in [0.1, 0.15) is 0 Å². The zero-order valence-corrected chi connectivity index (χ0v) is 13.2. The Morgan fingerprint density at radius 2 is 1.74 bits per heavy atom. The Morgan fingerprint density at radius 3 is 2.16 bits per heavy atom. The number of benzene rings is 1. The lowest BCUT2D eigenvalue weighted by Gasteiger charge is -2.37. The van der Waals surface area contributed by atoms with Gasteiger partial charge in [0, 0.05) is 22.1 Å². The fourth-order valence-electron chi connectivity index (χ4n) is 2.07. The molecule has 3 unspecified atom stereocenters. The molecule has 0 heterocycles. The maximum Gasteiger partial charge on any atom is 0.0779 e. The molecule has 107 valence electrons. The first kappa shape index (κ1) is 16.3. The molecule has 0 N–H and O–H groups in total. The standard InChI is InChI=1S/C15H24NO2S/c1-6-19(18)12(2)14(16(17)15(3,4)5)13-10-8-7-9-11-13/h7-12,14H,6H2,1-5H3. The van der Waals surface area contributed by atoms with Crippen molar-refractivity contribution in [2.45, 2.75) is 51.4 Å². The number of hydrogen-bond acceptors (Lipinski definition) is 2. The van der Waals surface area contributed by atoms with E-state index >= 15 is 0 Å². The molecule has 0 aliphatic heterocycles. The summed E-state index contributed by atoms with van der Waals surface area (Å²) in [5.74, 6) is 0.572. The molecule has 0 amide bonds. The van der Waals surface area contributed by atoms with Gasteiger partial charge >= 0.3 is 0 Å². The average Bonchev–Trinajstić information content (AvgIpc) is 2.38. The average molecular weight is 282 g/mol. The van der Waals surface area contributed by atoms with Gasteiger partial charge in [0.2, 0.25) is 0 Å². The molecule has 0 spiro atoms. The molecular weight excluding hydrogens is 258 g/mol. The molecule has 3 nitrogen and oxygen atoms in total. The van der Waals surface area contributed by atoms with Gasteiger partial charge in [-0.3, -0.25) is 4.21 Å². The highest BCUT2D eigenvalue weighted by Gasteiger charge is 2.35. The topological polar surface area (TPSA) is 40.2 Å². The van der Waals surface area contributed by atoms with Crippen LogP contribution in [0, 0.1) is 0 Å². The highest BCUT2D eigenvalue weighted by Crippen LogP contribution is 2.31. The van der Waals surface area contributed by atoms with Crippen LogP contribution in [0.25, 0.3) is 0 Å². The van der Waals surface area contributed by atoms with Gasteiger partial charge in [0.25, 0.3) is 0 Å². The molecule has 0 saturated carbocycles. The molecule has 3 atom stereocenters. The van der Waals surface area contributed by atoms with Crippen molar-refractivity contribution in [3.63, 3.8) is 0 Å². The number of hydroxylamine groups is 2. The van der Waals surface area contributed by atoms with Gasteiger partial charge in [-0.25, -0.2) is 0 Å². The Kier molecular flexibility index (Phi) is 5.71. The van der Waals surface area contributed by atoms with Gasteiger partial charge in [0.05, 0.1) is 11.3 Å². The van der Waals surface area contributed by atoms with Crippen LogP contribution in [-0.2, 0) is 16.0 Å². The van der Waals surface area contributed by atoms with Crippen molar-refractivity contribution in [3.05, 3.63) is 35.9 Å². The van der Waals surface area contributed by atoms with Crippen molar-refractivity contribution in [1.29, 1.82) is 0 Å². The zero-order chi connectivity index (χ0) is 14.6. The monoisotopic (exact) mass is 282 g/mol. The van der Waals surface area contributed by atoms with E-state index < -0.39 is 16.3 Å². The van der Waals surface area contributed by atoms with Crippen molar-refractivity contribution >= 4 is 10.8 Å². The summed E-state index contributed by atoms with van der Waals surface area (Å²) < 4.78 is 12.1. The lowest BCUT2D eigenvalue weighted by Crippen LogP contribution is -2.45. The summed E-state index contributed by atoms with van der Waals surface area (Å²) in [5, 5.41) is 13.5. The van der Waals surface area contributed by atoms with E-state index in [9.17, 15) is 9.42 Å². The smallest absolute Gasteiger partial charge is 0.0779 e. The molecule has 1 aromatic rings. The van der Waals surface area contributed by atoms with E-state index in [0.29, 0.717) is 5.75 Å².